The van der Waals surface area contributed by atoms with Gasteiger partial charge in [-0.1, -0.05) is 36.4 Å². The molecule has 2 aromatic carbocycles. The molecule has 8 heteroatoms. The maximum Gasteiger partial charge on any atom is 0.273 e. The molecule has 1 heterocycles. The van der Waals surface area contributed by atoms with Gasteiger partial charge >= 0.3 is 0 Å². The van der Waals surface area contributed by atoms with Crippen molar-refractivity contribution in [3.63, 3.8) is 0 Å². The van der Waals surface area contributed by atoms with Crippen molar-refractivity contribution in [1.82, 2.24) is 9.62 Å². The lowest BCUT2D eigenvalue weighted by Gasteiger charge is -2.32. The van der Waals surface area contributed by atoms with Gasteiger partial charge in [0.25, 0.3) is 5.69 Å². The minimum atomic E-state index is -3.51. The number of benzene rings is 2. The Morgan fingerprint density at radius 3 is 2.31 bits per heavy atom. The number of nitro groups is 1. The fourth-order valence-corrected chi connectivity index (χ4v) is 4.49. The molecule has 0 amide bonds. The van der Waals surface area contributed by atoms with Crippen molar-refractivity contribution in [3.8, 4) is 0 Å². The molecule has 0 bridgehead atoms. The zero-order valence-corrected chi connectivity index (χ0v) is 15.1. The molecule has 0 atom stereocenters. The number of nitrogens with zero attached hydrogens (tertiary/aromatic N) is 2. The first-order valence-electron chi connectivity index (χ1n) is 8.48. The summed E-state index contributed by atoms with van der Waals surface area (Å²) in [6, 6.07) is 14.9. The highest BCUT2D eigenvalue weighted by atomic mass is 32.2. The molecule has 3 rings (SSSR count). The molecule has 1 aliphatic rings. The minimum Gasteiger partial charge on any atom is -0.299 e. The molecule has 7 nitrogen and oxygen atoms in total. The third kappa shape index (κ3) is 4.46. The normalized spacial score (nSPS) is 16.5. The van der Waals surface area contributed by atoms with Crippen molar-refractivity contribution in [2.24, 2.45) is 0 Å². The van der Waals surface area contributed by atoms with E-state index in [0.29, 0.717) is 38.0 Å². The number of rotatable bonds is 6. The molecule has 0 aromatic heterocycles. The highest BCUT2D eigenvalue weighted by Crippen LogP contribution is 2.22. The Kier molecular flexibility index (Phi) is 5.65. The quantitative estimate of drug-likeness (QED) is 0.619. The van der Waals surface area contributed by atoms with Crippen LogP contribution in [-0.2, 0) is 16.6 Å². The van der Waals surface area contributed by atoms with Crippen LogP contribution in [0.3, 0.4) is 0 Å². The number of piperidine rings is 1. The van der Waals surface area contributed by atoms with Gasteiger partial charge in [-0.15, -0.1) is 0 Å². The summed E-state index contributed by atoms with van der Waals surface area (Å²) in [5, 5.41) is 11.1. The van der Waals surface area contributed by atoms with Crippen molar-refractivity contribution in [2.45, 2.75) is 30.3 Å². The molecule has 0 spiro atoms. The predicted octanol–water partition coefficient (Wildman–Crippen LogP) is 2.54. The van der Waals surface area contributed by atoms with Crippen molar-refractivity contribution in [2.75, 3.05) is 13.1 Å². The van der Waals surface area contributed by atoms with Crippen molar-refractivity contribution in [3.05, 3.63) is 70.3 Å². The summed E-state index contributed by atoms with van der Waals surface area (Å²) in [5.74, 6) is 0. The Balaban J connectivity index is 1.58. The summed E-state index contributed by atoms with van der Waals surface area (Å²) in [5.41, 5.74) is 0.806. The van der Waals surface area contributed by atoms with E-state index in [-0.39, 0.29) is 21.5 Å². The molecule has 0 saturated carbocycles. The fourth-order valence-electron chi connectivity index (χ4n) is 3.16. The van der Waals surface area contributed by atoms with E-state index in [1.165, 1.54) is 6.07 Å². The van der Waals surface area contributed by atoms with Gasteiger partial charge in [-0.3, -0.25) is 15.0 Å². The zero-order valence-electron chi connectivity index (χ0n) is 14.2. The average molecular weight is 375 g/mol. The van der Waals surface area contributed by atoms with E-state index >= 15 is 0 Å². The summed E-state index contributed by atoms with van der Waals surface area (Å²) in [6.45, 7) is 1.87. The van der Waals surface area contributed by atoms with E-state index < -0.39 is 10.0 Å². The van der Waals surface area contributed by atoms with Crippen LogP contribution in [0, 0.1) is 10.1 Å². The molecule has 1 N–H and O–H groups in total. The maximum absolute atomic E-state index is 12.4. The lowest BCUT2D eigenvalue weighted by atomic mass is 10.0. The molecular weight excluding hydrogens is 354 g/mol. The number of nitro benzene ring substituents is 1. The Labute approximate surface area is 152 Å². The van der Waals surface area contributed by atoms with Gasteiger partial charge in [0, 0.05) is 37.3 Å². The van der Waals surface area contributed by atoms with E-state index in [4.69, 9.17) is 0 Å². The van der Waals surface area contributed by atoms with E-state index in [0.717, 1.165) is 0 Å². The first-order chi connectivity index (χ1) is 12.5. The van der Waals surface area contributed by atoms with Crippen LogP contribution in [0.4, 0.5) is 5.69 Å². The maximum atomic E-state index is 12.4. The van der Waals surface area contributed by atoms with Gasteiger partial charge in [0.1, 0.15) is 0 Å². The van der Waals surface area contributed by atoms with Gasteiger partial charge in [-0.05, 0) is 25.0 Å². The number of nitrogens with one attached hydrogen (secondary N) is 1. The molecule has 0 unspecified atom stereocenters. The molecule has 0 radical (unpaired) electrons. The lowest BCUT2D eigenvalue weighted by Crippen LogP contribution is -2.44. The van der Waals surface area contributed by atoms with Crippen LogP contribution in [0.2, 0.25) is 0 Å². The first kappa shape index (κ1) is 18.5. The lowest BCUT2D eigenvalue weighted by molar-refractivity contribution is -0.385. The molecule has 1 saturated heterocycles. The Morgan fingerprint density at radius 1 is 1.04 bits per heavy atom. The van der Waals surface area contributed by atoms with E-state index in [1.54, 1.807) is 48.5 Å². The van der Waals surface area contributed by atoms with Crippen molar-refractivity contribution in [1.29, 1.82) is 0 Å². The van der Waals surface area contributed by atoms with Gasteiger partial charge in [0.05, 0.1) is 9.82 Å². The van der Waals surface area contributed by atoms with Crippen LogP contribution in [0.15, 0.2) is 59.5 Å². The van der Waals surface area contributed by atoms with E-state index in [2.05, 4.69) is 9.62 Å². The second-order valence-corrected chi connectivity index (χ2v) is 8.08. The van der Waals surface area contributed by atoms with Crippen molar-refractivity contribution < 1.29 is 13.3 Å². The fraction of sp³-hybridized carbons (Fsp3) is 0.333. The summed E-state index contributed by atoms with van der Waals surface area (Å²) >= 11 is 0. The highest BCUT2D eigenvalue weighted by Gasteiger charge is 2.25. The number of hydrogen-bond acceptors (Lipinski definition) is 5. The topological polar surface area (TPSA) is 92.6 Å². The van der Waals surface area contributed by atoms with Gasteiger partial charge in [0.15, 0.2) is 0 Å². The summed E-state index contributed by atoms with van der Waals surface area (Å²) in [4.78, 5) is 13.1. The van der Waals surface area contributed by atoms with Crippen molar-refractivity contribution >= 4 is 15.7 Å². The largest absolute Gasteiger partial charge is 0.299 e. The highest BCUT2D eigenvalue weighted by molar-refractivity contribution is 7.89. The van der Waals surface area contributed by atoms with Gasteiger partial charge < -0.3 is 0 Å². The second kappa shape index (κ2) is 7.94. The Morgan fingerprint density at radius 2 is 1.65 bits per heavy atom. The van der Waals surface area contributed by atoms with Crippen LogP contribution >= 0.6 is 0 Å². The van der Waals surface area contributed by atoms with Crippen LogP contribution in [-0.4, -0.2) is 37.4 Å². The van der Waals surface area contributed by atoms with Crippen LogP contribution < -0.4 is 4.72 Å². The SMILES string of the molecule is O=[N+]([O-])c1ccccc1CN1CCC(NS(=O)(=O)c2ccccc2)CC1. The first-order valence-corrected chi connectivity index (χ1v) is 9.96. The van der Waals surface area contributed by atoms with Crippen LogP contribution in [0.5, 0.6) is 0 Å². The van der Waals surface area contributed by atoms with E-state index in [1.807, 2.05) is 0 Å². The number of hydrogen-bond donors (Lipinski definition) is 1. The molecule has 1 fully saturated rings. The third-order valence-electron chi connectivity index (χ3n) is 4.55. The van der Waals surface area contributed by atoms with Crippen LogP contribution in [0.25, 0.3) is 0 Å². The Hall–Kier alpha value is -2.29. The Bertz CT molecular complexity index is 863. The molecule has 0 aliphatic carbocycles. The summed E-state index contributed by atoms with van der Waals surface area (Å²) < 4.78 is 27.5. The number of para-hydroxylation sites is 1. The molecule has 138 valence electrons. The number of sulfonamides is 1. The molecular formula is C18H21N3O4S. The summed E-state index contributed by atoms with van der Waals surface area (Å²) in [6.07, 6.45) is 1.35. The molecule has 1 aliphatic heterocycles. The van der Waals surface area contributed by atoms with Crippen LogP contribution in [0.1, 0.15) is 18.4 Å². The molecule has 2 aromatic rings. The summed E-state index contributed by atoms with van der Waals surface area (Å²) in [7, 11) is -3.51. The predicted molar refractivity (Wildman–Crippen MR) is 98.2 cm³/mol. The zero-order chi connectivity index (χ0) is 18.6. The van der Waals surface area contributed by atoms with E-state index in [9.17, 15) is 18.5 Å². The van der Waals surface area contributed by atoms with Gasteiger partial charge in [-0.2, -0.15) is 0 Å². The van der Waals surface area contributed by atoms with Gasteiger partial charge in [-0.25, -0.2) is 13.1 Å². The second-order valence-electron chi connectivity index (χ2n) is 6.37. The number of likely N-dealkylation sites (tertiary alicyclic amines) is 1. The third-order valence-corrected chi connectivity index (χ3v) is 6.08. The molecule has 26 heavy (non-hydrogen) atoms. The monoisotopic (exact) mass is 375 g/mol. The average Bonchev–Trinajstić information content (AvgIpc) is 2.64. The minimum absolute atomic E-state index is 0.123. The van der Waals surface area contributed by atoms with Gasteiger partial charge in [0.2, 0.25) is 10.0 Å². The standard InChI is InChI=1S/C18H21N3O4S/c22-21(23)18-9-5-4-6-15(18)14-20-12-10-16(11-13-20)19-26(24,25)17-7-2-1-3-8-17/h1-9,16,19H,10-14H2. The smallest absolute Gasteiger partial charge is 0.273 e.